The predicted octanol–water partition coefficient (Wildman–Crippen LogP) is 4.99. The fourth-order valence-electron chi connectivity index (χ4n) is 1.21. The maximum atomic E-state index is 9.42. The van der Waals surface area contributed by atoms with Gasteiger partial charge in [0, 0.05) is 11.8 Å². The van der Waals surface area contributed by atoms with Gasteiger partial charge in [0.1, 0.15) is 5.76 Å². The lowest BCUT2D eigenvalue weighted by Crippen LogP contribution is -2.14. The van der Waals surface area contributed by atoms with Crippen LogP contribution in [0.25, 0.3) is 0 Å². The van der Waals surface area contributed by atoms with E-state index in [-0.39, 0.29) is 11.2 Å². The molecule has 0 aromatic heterocycles. The minimum absolute atomic E-state index is 0.0112. The van der Waals surface area contributed by atoms with E-state index in [9.17, 15) is 5.11 Å². The second-order valence-electron chi connectivity index (χ2n) is 4.84. The Hall–Kier alpha value is -1.70. The summed E-state index contributed by atoms with van der Waals surface area (Å²) >= 11 is 0. The average molecular weight is 248 g/mol. The first-order chi connectivity index (χ1) is 8.21. The summed E-state index contributed by atoms with van der Waals surface area (Å²) in [6.45, 7) is 15.4. The summed E-state index contributed by atoms with van der Waals surface area (Å²) in [5.41, 5.74) is 1.72. The van der Waals surface area contributed by atoms with Gasteiger partial charge >= 0.3 is 0 Å². The Bertz CT molecular complexity index is 407. The average Bonchev–Trinajstić information content (AvgIpc) is 2.31. The van der Waals surface area contributed by atoms with Crippen molar-refractivity contribution in [2.45, 2.75) is 34.1 Å². The molecule has 2 nitrogen and oxygen atoms in total. The first-order valence-corrected chi connectivity index (χ1v) is 6.04. The van der Waals surface area contributed by atoms with Gasteiger partial charge in [0.15, 0.2) is 0 Å². The molecule has 0 spiro atoms. The third-order valence-corrected chi connectivity index (χ3v) is 3.15. The van der Waals surface area contributed by atoms with Gasteiger partial charge in [-0.3, -0.25) is 0 Å². The molecule has 0 heterocycles. The van der Waals surface area contributed by atoms with Crippen LogP contribution in [0.5, 0.6) is 0 Å². The van der Waals surface area contributed by atoms with Crippen molar-refractivity contribution >= 4 is 0 Å². The van der Waals surface area contributed by atoms with Gasteiger partial charge in [-0.2, -0.15) is 0 Å². The van der Waals surface area contributed by atoms with E-state index in [0.717, 1.165) is 11.1 Å². The lowest BCUT2D eigenvalue weighted by Gasteiger charge is -2.26. The van der Waals surface area contributed by atoms with Crippen LogP contribution >= 0.6 is 0 Å². The normalized spacial score (nSPS) is 14.0. The molecule has 0 bridgehead atoms. The number of rotatable bonds is 6. The summed E-state index contributed by atoms with van der Waals surface area (Å²) in [7, 11) is 0. The van der Waals surface area contributed by atoms with Crippen molar-refractivity contribution < 1.29 is 10.2 Å². The topological polar surface area (TPSA) is 40.5 Å². The van der Waals surface area contributed by atoms with Gasteiger partial charge < -0.3 is 10.2 Å². The van der Waals surface area contributed by atoms with Crippen LogP contribution in [0.2, 0.25) is 0 Å². The number of allylic oxidation sites excluding steroid dienone is 7. The first kappa shape index (κ1) is 16.3. The summed E-state index contributed by atoms with van der Waals surface area (Å²) in [6, 6.07) is 0. The quantitative estimate of drug-likeness (QED) is 0.513. The van der Waals surface area contributed by atoms with Gasteiger partial charge in [-0.05, 0) is 24.6 Å². The predicted molar refractivity (Wildman–Crippen MR) is 78.6 cm³/mol. The van der Waals surface area contributed by atoms with E-state index in [4.69, 9.17) is 5.11 Å². The van der Waals surface area contributed by atoms with Crippen LogP contribution < -0.4 is 0 Å². The first-order valence-electron chi connectivity index (χ1n) is 6.04. The molecule has 0 rings (SSSR count). The van der Waals surface area contributed by atoms with Crippen molar-refractivity contribution in [2.24, 2.45) is 5.41 Å². The van der Waals surface area contributed by atoms with E-state index < -0.39 is 0 Å². The van der Waals surface area contributed by atoms with Gasteiger partial charge in [0.2, 0.25) is 0 Å². The van der Waals surface area contributed by atoms with Gasteiger partial charge in [-0.15, -0.1) is 0 Å². The molecule has 0 aromatic carbocycles. The Labute approximate surface area is 110 Å². The van der Waals surface area contributed by atoms with Crippen molar-refractivity contribution in [1.82, 2.24) is 0 Å². The van der Waals surface area contributed by atoms with Crippen molar-refractivity contribution in [3.05, 3.63) is 60.1 Å². The molecule has 0 radical (unpaired) electrons. The Morgan fingerprint density at radius 1 is 1.11 bits per heavy atom. The second kappa shape index (κ2) is 6.90. The molecular weight excluding hydrogens is 224 g/mol. The molecule has 0 fully saturated rings. The molecule has 0 aromatic rings. The van der Waals surface area contributed by atoms with Crippen LogP contribution in [0.1, 0.15) is 34.1 Å². The maximum Gasteiger partial charge on any atom is 0.108 e. The molecule has 0 amide bonds. The van der Waals surface area contributed by atoms with Crippen molar-refractivity contribution in [3.63, 3.8) is 0 Å². The SMILES string of the molecule is C=C(O)/C=C\C(=C)C(C)(C)/C(C)=C/C=C(/O)CC. The number of hydrogen-bond donors (Lipinski definition) is 2. The standard InChI is InChI=1S/C16H24O2/c1-7-15(18)11-9-13(3)16(5,6)12(2)8-10-14(4)17/h8-11,17-18H,2,4,7H2,1,3,5-6H3/b10-8-,13-9+,15-11+. The zero-order chi connectivity index (χ0) is 14.3. The third kappa shape index (κ3) is 5.09. The monoisotopic (exact) mass is 248 g/mol. The van der Waals surface area contributed by atoms with Gasteiger partial charge in [-0.25, -0.2) is 0 Å². The van der Waals surface area contributed by atoms with Crippen LogP contribution in [-0.2, 0) is 0 Å². The highest BCUT2D eigenvalue weighted by atomic mass is 16.3. The Morgan fingerprint density at radius 2 is 1.67 bits per heavy atom. The molecular formula is C16H24O2. The molecule has 2 heteroatoms. The molecule has 0 saturated heterocycles. The highest BCUT2D eigenvalue weighted by Gasteiger charge is 2.21. The summed E-state index contributed by atoms with van der Waals surface area (Å²) in [5.74, 6) is 0.368. The lowest BCUT2D eigenvalue weighted by atomic mass is 9.78. The van der Waals surface area contributed by atoms with Crippen LogP contribution in [0.15, 0.2) is 60.1 Å². The zero-order valence-corrected chi connectivity index (χ0v) is 11.8. The largest absolute Gasteiger partial charge is 0.512 e. The molecule has 2 N–H and O–H groups in total. The molecule has 0 aliphatic rings. The van der Waals surface area contributed by atoms with Crippen LogP contribution in [0.4, 0.5) is 0 Å². The minimum atomic E-state index is -0.240. The van der Waals surface area contributed by atoms with Crippen LogP contribution in [0, 0.1) is 5.41 Å². The van der Waals surface area contributed by atoms with E-state index in [0.29, 0.717) is 12.2 Å². The molecule has 100 valence electrons. The van der Waals surface area contributed by atoms with E-state index in [1.807, 2.05) is 33.8 Å². The van der Waals surface area contributed by atoms with Crippen molar-refractivity contribution in [2.75, 3.05) is 0 Å². The number of hydrogen-bond acceptors (Lipinski definition) is 2. The second-order valence-corrected chi connectivity index (χ2v) is 4.84. The van der Waals surface area contributed by atoms with Crippen LogP contribution in [0.3, 0.4) is 0 Å². The third-order valence-electron chi connectivity index (χ3n) is 3.15. The van der Waals surface area contributed by atoms with Gasteiger partial charge in [0.05, 0.1) is 5.76 Å². The van der Waals surface area contributed by atoms with Gasteiger partial charge in [0.25, 0.3) is 0 Å². The minimum Gasteiger partial charge on any atom is -0.512 e. The fourth-order valence-corrected chi connectivity index (χ4v) is 1.21. The van der Waals surface area contributed by atoms with E-state index in [1.165, 1.54) is 6.08 Å². The molecule has 18 heavy (non-hydrogen) atoms. The molecule has 0 atom stereocenters. The Morgan fingerprint density at radius 3 is 2.11 bits per heavy atom. The molecule has 0 saturated carbocycles. The number of aliphatic hydroxyl groups is 2. The highest BCUT2D eigenvalue weighted by Crippen LogP contribution is 2.34. The Balaban J connectivity index is 5.02. The summed E-state index contributed by atoms with van der Waals surface area (Å²) in [4.78, 5) is 0. The van der Waals surface area contributed by atoms with Crippen LogP contribution in [-0.4, -0.2) is 10.2 Å². The molecule has 0 unspecified atom stereocenters. The van der Waals surface area contributed by atoms with E-state index in [1.54, 1.807) is 12.2 Å². The van der Waals surface area contributed by atoms with E-state index in [2.05, 4.69) is 13.2 Å². The zero-order valence-electron chi connectivity index (χ0n) is 11.8. The highest BCUT2D eigenvalue weighted by molar-refractivity contribution is 5.35. The van der Waals surface area contributed by atoms with E-state index >= 15 is 0 Å². The number of aliphatic hydroxyl groups excluding tert-OH is 2. The van der Waals surface area contributed by atoms with Crippen molar-refractivity contribution in [1.29, 1.82) is 0 Å². The Kier molecular flexibility index (Phi) is 6.24. The maximum absolute atomic E-state index is 9.42. The molecule has 0 aliphatic heterocycles. The van der Waals surface area contributed by atoms with Gasteiger partial charge in [-0.1, -0.05) is 51.7 Å². The fraction of sp³-hybridized carbons (Fsp3) is 0.375. The molecule has 0 aliphatic carbocycles. The summed E-state index contributed by atoms with van der Waals surface area (Å²) in [5, 5.41) is 18.5. The smallest absolute Gasteiger partial charge is 0.108 e. The summed E-state index contributed by atoms with van der Waals surface area (Å²) < 4.78 is 0. The summed E-state index contributed by atoms with van der Waals surface area (Å²) in [6.07, 6.45) is 7.50. The lowest BCUT2D eigenvalue weighted by molar-refractivity contribution is 0.394. The van der Waals surface area contributed by atoms with Crippen molar-refractivity contribution in [3.8, 4) is 0 Å².